The fourth-order valence-electron chi connectivity index (χ4n) is 3.67. The van der Waals surface area contributed by atoms with Gasteiger partial charge in [-0.25, -0.2) is 21.8 Å². The first kappa shape index (κ1) is 24.4. The zero-order chi connectivity index (χ0) is 24.0. The van der Waals surface area contributed by atoms with Crippen LogP contribution in [0.5, 0.6) is 0 Å². The van der Waals surface area contributed by atoms with Crippen molar-refractivity contribution in [2.24, 2.45) is 5.92 Å². The van der Waals surface area contributed by atoms with Crippen LogP contribution in [0, 0.1) is 5.92 Å². The minimum Gasteiger partial charge on any atom is -0.302 e. The van der Waals surface area contributed by atoms with E-state index in [9.17, 15) is 21.6 Å². The number of anilines is 1. The number of sulfonamides is 1. The van der Waals surface area contributed by atoms with Gasteiger partial charge in [-0.15, -0.1) is 0 Å². The van der Waals surface area contributed by atoms with Crippen LogP contribution in [-0.2, 0) is 24.7 Å². The van der Waals surface area contributed by atoms with Crippen molar-refractivity contribution in [1.82, 2.24) is 9.29 Å². The summed E-state index contributed by atoms with van der Waals surface area (Å²) in [6.45, 7) is 0.194. The molecule has 13 heteroatoms. The van der Waals surface area contributed by atoms with Gasteiger partial charge >= 0.3 is 0 Å². The lowest BCUT2D eigenvalue weighted by Gasteiger charge is -2.30. The number of nitrogens with one attached hydrogen (secondary N) is 1. The molecule has 1 aliphatic rings. The predicted molar refractivity (Wildman–Crippen MR) is 129 cm³/mol. The molecule has 0 atom stereocenters. The van der Waals surface area contributed by atoms with E-state index in [-0.39, 0.29) is 28.8 Å². The summed E-state index contributed by atoms with van der Waals surface area (Å²) in [6.07, 6.45) is 1.56. The number of benzene rings is 2. The van der Waals surface area contributed by atoms with Gasteiger partial charge in [0, 0.05) is 25.3 Å². The van der Waals surface area contributed by atoms with Crippen molar-refractivity contribution in [3.63, 3.8) is 0 Å². The molecule has 1 saturated heterocycles. The first-order valence-electron chi connectivity index (χ1n) is 9.83. The molecule has 0 bridgehead atoms. The summed E-state index contributed by atoms with van der Waals surface area (Å²) in [5.74, 6) is -0.669. The third-order valence-electron chi connectivity index (χ3n) is 5.37. The van der Waals surface area contributed by atoms with E-state index in [4.69, 9.17) is 23.2 Å². The van der Waals surface area contributed by atoms with Crippen LogP contribution in [0.3, 0.4) is 0 Å². The predicted octanol–water partition coefficient (Wildman–Crippen LogP) is 4.05. The van der Waals surface area contributed by atoms with Crippen molar-refractivity contribution >= 4 is 75.7 Å². The van der Waals surface area contributed by atoms with Gasteiger partial charge in [0.25, 0.3) is 0 Å². The van der Waals surface area contributed by atoms with Crippen LogP contribution < -0.4 is 5.32 Å². The summed E-state index contributed by atoms with van der Waals surface area (Å²) in [5.41, 5.74) is 0.509. The van der Waals surface area contributed by atoms with Crippen molar-refractivity contribution in [3.05, 3.63) is 46.4 Å². The van der Waals surface area contributed by atoms with Crippen molar-refractivity contribution in [2.45, 2.75) is 22.6 Å². The standard InChI is InChI=1S/C20H19Cl2N3O5S3/c1-32(27,28)15-4-2-3-5-16(15)33(29,30)25-10-8-12(9-11-25)19(26)24-20-23-18-14(31-20)7-6-13(21)17(18)22/h2-7,12H,8-11H2,1H3,(H,23,24,26). The van der Waals surface area contributed by atoms with Gasteiger partial charge in [0.1, 0.15) is 10.4 Å². The highest BCUT2D eigenvalue weighted by molar-refractivity contribution is 7.93. The van der Waals surface area contributed by atoms with Crippen molar-refractivity contribution in [3.8, 4) is 0 Å². The molecule has 1 N–H and O–H groups in total. The van der Waals surface area contributed by atoms with Crippen LogP contribution in [0.4, 0.5) is 5.13 Å². The Labute approximate surface area is 205 Å². The minimum atomic E-state index is -4.03. The summed E-state index contributed by atoms with van der Waals surface area (Å²) in [4.78, 5) is 16.6. The number of halogens is 2. The number of carbonyl (C=O) groups excluding carboxylic acids is 1. The van der Waals surface area contributed by atoms with Crippen LogP contribution in [0.2, 0.25) is 10.0 Å². The number of amides is 1. The van der Waals surface area contributed by atoms with Gasteiger partial charge in [-0.1, -0.05) is 46.7 Å². The lowest BCUT2D eigenvalue weighted by Crippen LogP contribution is -2.41. The molecule has 1 aromatic heterocycles. The highest BCUT2D eigenvalue weighted by atomic mass is 35.5. The van der Waals surface area contributed by atoms with E-state index in [1.54, 1.807) is 12.1 Å². The van der Waals surface area contributed by atoms with Gasteiger partial charge in [-0.3, -0.25) is 4.79 Å². The Morgan fingerprint density at radius 1 is 1.06 bits per heavy atom. The second-order valence-corrected chi connectivity index (χ2v) is 13.3. The van der Waals surface area contributed by atoms with Gasteiger partial charge in [-0.2, -0.15) is 4.31 Å². The maximum atomic E-state index is 13.1. The average molecular weight is 548 g/mol. The largest absolute Gasteiger partial charge is 0.302 e. The van der Waals surface area contributed by atoms with E-state index < -0.39 is 25.8 Å². The molecule has 8 nitrogen and oxygen atoms in total. The zero-order valence-corrected chi connectivity index (χ0v) is 21.2. The number of hydrogen-bond acceptors (Lipinski definition) is 7. The normalized spacial score (nSPS) is 16.2. The zero-order valence-electron chi connectivity index (χ0n) is 17.3. The first-order valence-corrected chi connectivity index (χ1v) is 14.7. The van der Waals surface area contributed by atoms with Crippen molar-refractivity contribution in [1.29, 1.82) is 0 Å². The molecule has 0 radical (unpaired) electrons. The Morgan fingerprint density at radius 2 is 1.70 bits per heavy atom. The molecule has 0 unspecified atom stereocenters. The Bertz CT molecular complexity index is 1450. The summed E-state index contributed by atoms with van der Waals surface area (Å²) in [5, 5.41) is 3.86. The lowest BCUT2D eigenvalue weighted by atomic mass is 9.97. The average Bonchev–Trinajstić information content (AvgIpc) is 3.19. The van der Waals surface area contributed by atoms with Crippen molar-refractivity contribution in [2.75, 3.05) is 24.7 Å². The van der Waals surface area contributed by atoms with Crippen LogP contribution in [0.25, 0.3) is 10.2 Å². The summed E-state index contributed by atoms with van der Waals surface area (Å²) >= 11 is 13.5. The molecule has 2 aromatic carbocycles. The molecule has 4 rings (SSSR count). The molecule has 176 valence electrons. The topological polar surface area (TPSA) is 114 Å². The SMILES string of the molecule is CS(=O)(=O)c1ccccc1S(=O)(=O)N1CCC(C(=O)Nc2nc3c(Cl)c(Cl)ccc3s2)CC1. The second-order valence-electron chi connectivity index (χ2n) is 7.61. The maximum Gasteiger partial charge on any atom is 0.244 e. The molecule has 1 fully saturated rings. The number of thiazole rings is 1. The van der Waals surface area contributed by atoms with E-state index in [0.29, 0.717) is 33.5 Å². The summed E-state index contributed by atoms with van der Waals surface area (Å²) in [7, 11) is -7.75. The van der Waals surface area contributed by atoms with E-state index in [2.05, 4.69) is 10.3 Å². The molecular weight excluding hydrogens is 529 g/mol. The second kappa shape index (κ2) is 9.12. The first-order chi connectivity index (χ1) is 15.5. The van der Waals surface area contributed by atoms with Crippen LogP contribution in [-0.4, -0.2) is 51.4 Å². The number of carbonyl (C=O) groups is 1. The van der Waals surface area contributed by atoms with Gasteiger partial charge in [0.15, 0.2) is 15.0 Å². The Morgan fingerprint density at radius 3 is 2.33 bits per heavy atom. The maximum absolute atomic E-state index is 13.1. The lowest BCUT2D eigenvalue weighted by molar-refractivity contribution is -0.120. The third-order valence-corrected chi connectivity index (χ3v) is 10.3. The van der Waals surface area contributed by atoms with Crippen LogP contribution in [0.1, 0.15) is 12.8 Å². The molecule has 33 heavy (non-hydrogen) atoms. The van der Waals surface area contributed by atoms with E-state index in [1.165, 1.54) is 39.9 Å². The minimum absolute atomic E-state index is 0.0970. The quantitative estimate of drug-likeness (QED) is 0.515. The number of rotatable bonds is 5. The van der Waals surface area contributed by atoms with E-state index in [0.717, 1.165) is 11.0 Å². The third kappa shape index (κ3) is 4.89. The number of sulfone groups is 1. The molecule has 0 spiro atoms. The molecule has 2 heterocycles. The van der Waals surface area contributed by atoms with Gasteiger partial charge in [0.05, 0.1) is 19.6 Å². The molecule has 1 aliphatic heterocycles. The number of aromatic nitrogens is 1. The number of nitrogens with zero attached hydrogens (tertiary/aromatic N) is 2. The molecular formula is C20H19Cl2N3O5S3. The molecule has 1 amide bonds. The van der Waals surface area contributed by atoms with Gasteiger partial charge in [0.2, 0.25) is 15.9 Å². The van der Waals surface area contributed by atoms with E-state index >= 15 is 0 Å². The number of piperidine rings is 1. The highest BCUT2D eigenvalue weighted by Gasteiger charge is 2.34. The van der Waals surface area contributed by atoms with Gasteiger partial charge in [-0.05, 0) is 37.1 Å². The molecule has 0 aliphatic carbocycles. The Kier molecular flexibility index (Phi) is 6.74. The number of fused-ring (bicyclic) bond motifs is 1. The fourth-order valence-corrected chi connectivity index (χ4v) is 8.03. The van der Waals surface area contributed by atoms with Gasteiger partial charge < -0.3 is 5.32 Å². The Hall–Kier alpha value is -1.76. The van der Waals surface area contributed by atoms with Crippen molar-refractivity contribution < 1.29 is 21.6 Å². The van der Waals surface area contributed by atoms with Crippen LogP contribution >= 0.6 is 34.5 Å². The summed E-state index contributed by atoms with van der Waals surface area (Å²) in [6, 6.07) is 8.96. The van der Waals surface area contributed by atoms with E-state index in [1.807, 2.05) is 0 Å². The smallest absolute Gasteiger partial charge is 0.244 e. The molecule has 3 aromatic rings. The highest BCUT2D eigenvalue weighted by Crippen LogP contribution is 2.36. The van der Waals surface area contributed by atoms with Crippen LogP contribution in [0.15, 0.2) is 46.2 Å². The Balaban J connectivity index is 1.46. The molecule has 0 saturated carbocycles. The number of hydrogen-bond donors (Lipinski definition) is 1. The monoisotopic (exact) mass is 547 g/mol. The summed E-state index contributed by atoms with van der Waals surface area (Å²) < 4.78 is 52.3. The fraction of sp³-hybridized carbons (Fsp3) is 0.300.